The van der Waals surface area contributed by atoms with Crippen molar-refractivity contribution in [3.05, 3.63) is 90.3 Å². The van der Waals surface area contributed by atoms with Gasteiger partial charge in [0.25, 0.3) is 0 Å². The molecule has 158 valence electrons. The van der Waals surface area contributed by atoms with Crippen LogP contribution in [0.25, 0.3) is 28.3 Å². The molecule has 32 heavy (non-hydrogen) atoms. The number of benzene rings is 1. The molecule has 0 saturated carbocycles. The number of fused-ring (bicyclic) bond motifs is 1. The van der Waals surface area contributed by atoms with Gasteiger partial charge in [-0.3, -0.25) is 4.98 Å². The van der Waals surface area contributed by atoms with Gasteiger partial charge >= 0.3 is 0 Å². The highest BCUT2D eigenvalue weighted by Gasteiger charge is 2.17. The largest absolute Gasteiger partial charge is 0.342 e. The van der Waals surface area contributed by atoms with Crippen molar-refractivity contribution in [3.63, 3.8) is 0 Å². The second kappa shape index (κ2) is 8.76. The van der Waals surface area contributed by atoms with Crippen molar-refractivity contribution in [1.29, 1.82) is 0 Å². The van der Waals surface area contributed by atoms with E-state index in [-0.39, 0.29) is 0 Å². The van der Waals surface area contributed by atoms with E-state index in [0.29, 0.717) is 0 Å². The Hall–Kier alpha value is -3.78. The summed E-state index contributed by atoms with van der Waals surface area (Å²) in [6.45, 7) is 3.66. The maximum Gasteiger partial charge on any atom is 0.186 e. The first kappa shape index (κ1) is 20.1. The smallest absolute Gasteiger partial charge is 0.186 e. The van der Waals surface area contributed by atoms with Gasteiger partial charge in [0, 0.05) is 24.0 Å². The number of aryl methyl sites for hydroxylation is 1. The Bertz CT molecular complexity index is 1340. The SMILES string of the molecule is BN(CCc1ccccc1)Cc1nc(-c2cccc(C)n2)c(-c2ccc3ncnn3c2)[nH]1. The van der Waals surface area contributed by atoms with E-state index in [0.717, 1.165) is 59.3 Å². The van der Waals surface area contributed by atoms with Crippen LogP contribution in [0.1, 0.15) is 17.1 Å². The molecule has 0 radical (unpaired) electrons. The molecule has 8 heteroatoms. The number of hydrogen-bond acceptors (Lipinski definition) is 5. The topological polar surface area (TPSA) is 75.0 Å². The number of pyridine rings is 2. The summed E-state index contributed by atoms with van der Waals surface area (Å²) in [6, 6.07) is 20.6. The Morgan fingerprint density at radius 2 is 1.88 bits per heavy atom. The lowest BCUT2D eigenvalue weighted by Crippen LogP contribution is -2.23. The van der Waals surface area contributed by atoms with E-state index in [2.05, 4.69) is 58.2 Å². The van der Waals surface area contributed by atoms with Gasteiger partial charge in [-0.15, -0.1) is 0 Å². The highest BCUT2D eigenvalue weighted by atomic mass is 15.3. The van der Waals surface area contributed by atoms with Crippen molar-refractivity contribution in [2.24, 2.45) is 0 Å². The molecule has 0 unspecified atom stereocenters. The normalized spacial score (nSPS) is 11.4. The highest BCUT2D eigenvalue weighted by Crippen LogP contribution is 2.29. The van der Waals surface area contributed by atoms with E-state index in [1.165, 1.54) is 5.56 Å². The monoisotopic (exact) mass is 421 g/mol. The van der Waals surface area contributed by atoms with Crippen LogP contribution in [0.4, 0.5) is 0 Å². The Balaban J connectivity index is 1.45. The number of rotatable bonds is 7. The first-order valence-corrected chi connectivity index (χ1v) is 10.7. The molecule has 0 atom stereocenters. The first-order valence-electron chi connectivity index (χ1n) is 10.7. The molecule has 0 aliphatic heterocycles. The second-order valence-corrected chi connectivity index (χ2v) is 8.03. The molecule has 4 aromatic heterocycles. The first-order chi connectivity index (χ1) is 15.7. The third-order valence-corrected chi connectivity index (χ3v) is 5.49. The summed E-state index contributed by atoms with van der Waals surface area (Å²) in [5.41, 5.74) is 6.74. The molecule has 0 fully saturated rings. The van der Waals surface area contributed by atoms with E-state index in [1.54, 1.807) is 10.8 Å². The van der Waals surface area contributed by atoms with E-state index in [9.17, 15) is 0 Å². The average molecular weight is 421 g/mol. The second-order valence-electron chi connectivity index (χ2n) is 8.03. The van der Waals surface area contributed by atoms with Crippen LogP contribution in [0, 0.1) is 6.92 Å². The fourth-order valence-corrected chi connectivity index (χ4v) is 3.83. The summed E-state index contributed by atoms with van der Waals surface area (Å²) in [4.78, 5) is 19.7. The maximum absolute atomic E-state index is 4.96. The summed E-state index contributed by atoms with van der Waals surface area (Å²) < 4.78 is 1.77. The zero-order valence-electron chi connectivity index (χ0n) is 18.2. The molecule has 0 aliphatic rings. The van der Waals surface area contributed by atoms with Crippen molar-refractivity contribution in [1.82, 2.24) is 34.4 Å². The van der Waals surface area contributed by atoms with Crippen molar-refractivity contribution in [3.8, 4) is 22.6 Å². The lowest BCUT2D eigenvalue weighted by Gasteiger charge is -2.15. The Labute approximate surface area is 187 Å². The molecule has 0 bridgehead atoms. The number of nitrogens with one attached hydrogen (secondary N) is 1. The number of hydrogen-bond donors (Lipinski definition) is 1. The van der Waals surface area contributed by atoms with E-state index >= 15 is 0 Å². The van der Waals surface area contributed by atoms with Crippen LogP contribution >= 0.6 is 0 Å². The molecule has 5 aromatic rings. The van der Waals surface area contributed by atoms with Crippen molar-refractivity contribution in [2.45, 2.75) is 19.9 Å². The molecular weight excluding hydrogens is 397 g/mol. The van der Waals surface area contributed by atoms with Crippen LogP contribution in [0.5, 0.6) is 0 Å². The lowest BCUT2D eigenvalue weighted by molar-refractivity contribution is 0.441. The number of nitrogens with zero attached hydrogens (tertiary/aromatic N) is 6. The quantitative estimate of drug-likeness (QED) is 0.409. The fourth-order valence-electron chi connectivity index (χ4n) is 3.83. The van der Waals surface area contributed by atoms with E-state index < -0.39 is 0 Å². The average Bonchev–Trinajstić information content (AvgIpc) is 3.45. The van der Waals surface area contributed by atoms with E-state index in [4.69, 9.17) is 9.97 Å². The van der Waals surface area contributed by atoms with Gasteiger partial charge in [-0.25, -0.2) is 14.5 Å². The molecule has 0 aliphatic carbocycles. The molecular formula is C24H24BN7. The number of H-pyrrole nitrogens is 1. The molecule has 7 nitrogen and oxygen atoms in total. The van der Waals surface area contributed by atoms with Gasteiger partial charge < -0.3 is 9.79 Å². The summed E-state index contributed by atoms with van der Waals surface area (Å²) in [6.07, 6.45) is 4.53. The zero-order chi connectivity index (χ0) is 21.9. The fraction of sp³-hybridized carbons (Fsp3) is 0.167. The summed E-state index contributed by atoms with van der Waals surface area (Å²) in [5.74, 6) is 0.910. The predicted octanol–water partition coefficient (Wildman–Crippen LogP) is 3.08. The zero-order valence-corrected chi connectivity index (χ0v) is 18.2. The lowest BCUT2D eigenvalue weighted by atomic mass is 10.1. The minimum Gasteiger partial charge on any atom is -0.342 e. The van der Waals surface area contributed by atoms with Gasteiger partial charge in [0.2, 0.25) is 0 Å². The van der Waals surface area contributed by atoms with Crippen LogP contribution in [-0.2, 0) is 13.0 Å². The van der Waals surface area contributed by atoms with Crippen molar-refractivity contribution < 1.29 is 0 Å². The van der Waals surface area contributed by atoms with Gasteiger partial charge in [-0.2, -0.15) is 5.10 Å². The van der Waals surface area contributed by atoms with Crippen LogP contribution in [-0.4, -0.2) is 48.9 Å². The predicted molar refractivity (Wildman–Crippen MR) is 128 cm³/mol. The molecule has 5 rings (SSSR count). The third-order valence-electron chi connectivity index (χ3n) is 5.49. The molecule has 0 amide bonds. The maximum atomic E-state index is 4.96. The Kier molecular flexibility index (Phi) is 5.52. The minimum atomic E-state index is 0.719. The summed E-state index contributed by atoms with van der Waals surface area (Å²) in [5, 5.41) is 4.28. The molecule has 1 N–H and O–H groups in total. The van der Waals surface area contributed by atoms with Crippen LogP contribution in [0.3, 0.4) is 0 Å². The van der Waals surface area contributed by atoms with E-state index in [1.807, 2.05) is 43.5 Å². The number of imidazole rings is 1. The van der Waals surface area contributed by atoms with Gasteiger partial charge in [-0.05, 0) is 49.7 Å². The number of aromatic amines is 1. The highest BCUT2D eigenvalue weighted by molar-refractivity contribution is 6.04. The Morgan fingerprint density at radius 1 is 1.00 bits per heavy atom. The molecule has 1 aromatic carbocycles. The molecule has 0 spiro atoms. The number of aromatic nitrogens is 6. The molecule has 4 heterocycles. The third kappa shape index (κ3) is 4.31. The van der Waals surface area contributed by atoms with Gasteiger partial charge in [0.15, 0.2) is 13.6 Å². The van der Waals surface area contributed by atoms with Crippen LogP contribution < -0.4 is 0 Å². The van der Waals surface area contributed by atoms with Crippen molar-refractivity contribution >= 4 is 13.6 Å². The molecule has 0 saturated heterocycles. The Morgan fingerprint density at radius 3 is 2.72 bits per heavy atom. The van der Waals surface area contributed by atoms with Gasteiger partial charge in [-0.1, -0.05) is 36.4 Å². The van der Waals surface area contributed by atoms with Crippen LogP contribution in [0.15, 0.2) is 73.2 Å². The van der Waals surface area contributed by atoms with Gasteiger partial charge in [0.05, 0.1) is 11.4 Å². The summed E-state index contributed by atoms with van der Waals surface area (Å²) in [7, 11) is 2.12. The standard InChI is InChI=1S/C24H24BN7/c1-17-6-5-9-20(28-17)24-23(19-10-11-22-26-16-27-32(22)14-19)29-21(30-24)15-31(25)13-12-18-7-3-2-4-8-18/h2-11,14,16H,12-13,15,25H2,1H3,(H,29,30). The van der Waals surface area contributed by atoms with Crippen molar-refractivity contribution in [2.75, 3.05) is 6.54 Å². The minimum absolute atomic E-state index is 0.719. The summed E-state index contributed by atoms with van der Waals surface area (Å²) >= 11 is 0. The van der Waals surface area contributed by atoms with Gasteiger partial charge in [0.1, 0.15) is 17.8 Å². The van der Waals surface area contributed by atoms with Crippen LogP contribution in [0.2, 0.25) is 0 Å².